The van der Waals surface area contributed by atoms with Crippen molar-refractivity contribution in [1.82, 2.24) is 0 Å². The van der Waals surface area contributed by atoms with E-state index < -0.39 is 11.8 Å². The summed E-state index contributed by atoms with van der Waals surface area (Å²) in [5, 5.41) is 2.88. The Bertz CT molecular complexity index is 887. The summed E-state index contributed by atoms with van der Waals surface area (Å²) in [6, 6.07) is 13.1. The van der Waals surface area contributed by atoms with Gasteiger partial charge in [-0.3, -0.25) is 9.59 Å². The van der Waals surface area contributed by atoms with Crippen molar-refractivity contribution < 1.29 is 9.59 Å². The SMILES string of the molecule is Cc1cccc(NC2=C(Cl)C(=O)N(c3ccc(C)cc3C)C2=O)c1. The summed E-state index contributed by atoms with van der Waals surface area (Å²) in [5.41, 5.74) is 4.32. The van der Waals surface area contributed by atoms with Crippen LogP contribution in [-0.4, -0.2) is 11.8 Å². The molecule has 0 spiro atoms. The average Bonchev–Trinajstić information content (AvgIpc) is 2.72. The monoisotopic (exact) mass is 340 g/mol. The highest BCUT2D eigenvalue weighted by Crippen LogP contribution is 2.32. The summed E-state index contributed by atoms with van der Waals surface area (Å²) >= 11 is 6.15. The van der Waals surface area contributed by atoms with Crippen molar-refractivity contribution in [2.24, 2.45) is 0 Å². The highest BCUT2D eigenvalue weighted by Gasteiger charge is 2.39. The van der Waals surface area contributed by atoms with Crippen molar-refractivity contribution in [2.75, 3.05) is 10.2 Å². The number of nitrogens with one attached hydrogen (secondary N) is 1. The molecule has 4 nitrogen and oxygen atoms in total. The van der Waals surface area contributed by atoms with E-state index in [-0.39, 0.29) is 10.7 Å². The first-order valence-corrected chi connectivity index (χ1v) is 7.96. The van der Waals surface area contributed by atoms with Crippen LogP contribution in [0, 0.1) is 20.8 Å². The van der Waals surface area contributed by atoms with Gasteiger partial charge in [-0.2, -0.15) is 0 Å². The summed E-state index contributed by atoms with van der Waals surface area (Å²) in [6.45, 7) is 5.77. The topological polar surface area (TPSA) is 49.4 Å². The lowest BCUT2D eigenvalue weighted by Gasteiger charge is -2.18. The Labute approximate surface area is 145 Å². The van der Waals surface area contributed by atoms with E-state index in [0.29, 0.717) is 11.4 Å². The van der Waals surface area contributed by atoms with Crippen LogP contribution in [-0.2, 0) is 9.59 Å². The third kappa shape index (κ3) is 2.81. The van der Waals surface area contributed by atoms with Gasteiger partial charge in [0.1, 0.15) is 10.7 Å². The van der Waals surface area contributed by atoms with Gasteiger partial charge < -0.3 is 5.32 Å². The molecule has 0 fully saturated rings. The van der Waals surface area contributed by atoms with E-state index in [0.717, 1.165) is 21.6 Å². The maximum Gasteiger partial charge on any atom is 0.283 e. The zero-order valence-corrected chi connectivity index (χ0v) is 14.4. The molecule has 0 aromatic heterocycles. The third-order valence-corrected chi connectivity index (χ3v) is 4.26. The number of amides is 2. The van der Waals surface area contributed by atoms with Crippen LogP contribution in [0.2, 0.25) is 0 Å². The van der Waals surface area contributed by atoms with Gasteiger partial charge in [-0.15, -0.1) is 0 Å². The minimum Gasteiger partial charge on any atom is -0.350 e. The van der Waals surface area contributed by atoms with E-state index in [1.807, 2.05) is 57.2 Å². The average molecular weight is 341 g/mol. The fraction of sp³-hybridized carbons (Fsp3) is 0.158. The van der Waals surface area contributed by atoms with Crippen LogP contribution in [0.3, 0.4) is 0 Å². The lowest BCUT2D eigenvalue weighted by atomic mass is 10.1. The zero-order chi connectivity index (χ0) is 17.4. The van der Waals surface area contributed by atoms with Crippen LogP contribution in [0.25, 0.3) is 0 Å². The van der Waals surface area contributed by atoms with Gasteiger partial charge in [0.2, 0.25) is 0 Å². The molecule has 3 rings (SSSR count). The lowest BCUT2D eigenvalue weighted by Crippen LogP contribution is -2.32. The standard InChI is InChI=1S/C19H17ClN2O2/c1-11-5-4-6-14(10-11)21-17-16(20)18(23)22(19(17)24)15-8-7-12(2)9-13(15)3/h4-10,21H,1-3H3. The summed E-state index contributed by atoms with van der Waals surface area (Å²) in [5.74, 6) is -0.956. The number of halogens is 1. The van der Waals surface area contributed by atoms with E-state index >= 15 is 0 Å². The van der Waals surface area contributed by atoms with E-state index in [2.05, 4.69) is 5.32 Å². The minimum absolute atomic E-state index is 0.0959. The first-order chi connectivity index (χ1) is 11.4. The number of carbonyl (C=O) groups excluding carboxylic acids is 2. The van der Waals surface area contributed by atoms with Crippen molar-refractivity contribution in [3.63, 3.8) is 0 Å². The fourth-order valence-electron chi connectivity index (χ4n) is 2.75. The van der Waals surface area contributed by atoms with Gasteiger partial charge >= 0.3 is 0 Å². The van der Waals surface area contributed by atoms with Gasteiger partial charge in [0.05, 0.1) is 5.69 Å². The van der Waals surface area contributed by atoms with Gasteiger partial charge in [-0.05, 0) is 50.1 Å². The molecule has 1 aliphatic rings. The second-order valence-corrected chi connectivity index (χ2v) is 6.30. The third-order valence-electron chi connectivity index (χ3n) is 3.91. The highest BCUT2D eigenvalue weighted by atomic mass is 35.5. The largest absolute Gasteiger partial charge is 0.350 e. The van der Waals surface area contributed by atoms with Gasteiger partial charge in [0.15, 0.2) is 0 Å². The second-order valence-electron chi connectivity index (χ2n) is 5.92. The number of anilines is 2. The van der Waals surface area contributed by atoms with E-state index in [4.69, 9.17) is 11.6 Å². The molecule has 0 bridgehead atoms. The molecule has 0 atom stereocenters. The Morgan fingerprint density at radius 1 is 0.917 bits per heavy atom. The predicted octanol–water partition coefficient (Wildman–Crippen LogP) is 4.05. The maximum atomic E-state index is 12.8. The molecule has 1 aliphatic heterocycles. The number of imide groups is 1. The Balaban J connectivity index is 1.95. The molecule has 1 N–H and O–H groups in total. The first-order valence-electron chi connectivity index (χ1n) is 7.58. The lowest BCUT2D eigenvalue weighted by molar-refractivity contribution is -0.120. The smallest absolute Gasteiger partial charge is 0.283 e. The summed E-state index contributed by atoms with van der Waals surface area (Å²) in [6.07, 6.45) is 0. The van der Waals surface area contributed by atoms with Crippen LogP contribution < -0.4 is 10.2 Å². The molecule has 24 heavy (non-hydrogen) atoms. The molecular weight excluding hydrogens is 324 g/mol. The van der Waals surface area contributed by atoms with Crippen molar-refractivity contribution in [1.29, 1.82) is 0 Å². The van der Waals surface area contributed by atoms with Crippen molar-refractivity contribution >= 4 is 34.8 Å². The number of benzene rings is 2. The van der Waals surface area contributed by atoms with Gasteiger partial charge in [0, 0.05) is 5.69 Å². The van der Waals surface area contributed by atoms with Crippen LogP contribution in [0.15, 0.2) is 53.2 Å². The fourth-order valence-corrected chi connectivity index (χ4v) is 2.97. The molecular formula is C19H17ClN2O2. The molecule has 0 aliphatic carbocycles. The number of rotatable bonds is 3. The van der Waals surface area contributed by atoms with Crippen LogP contribution in [0.1, 0.15) is 16.7 Å². The van der Waals surface area contributed by atoms with Crippen LogP contribution in [0.4, 0.5) is 11.4 Å². The number of aryl methyl sites for hydroxylation is 3. The molecule has 122 valence electrons. The van der Waals surface area contributed by atoms with Gasteiger partial charge in [-0.1, -0.05) is 41.4 Å². The van der Waals surface area contributed by atoms with Gasteiger partial charge in [-0.25, -0.2) is 4.90 Å². The molecule has 2 aromatic carbocycles. The van der Waals surface area contributed by atoms with Crippen LogP contribution in [0.5, 0.6) is 0 Å². The number of hydrogen-bond donors (Lipinski definition) is 1. The molecule has 2 amide bonds. The summed E-state index contributed by atoms with van der Waals surface area (Å²) < 4.78 is 0. The van der Waals surface area contributed by atoms with E-state index in [1.54, 1.807) is 6.07 Å². The Morgan fingerprint density at radius 3 is 2.29 bits per heavy atom. The number of nitrogens with zero attached hydrogens (tertiary/aromatic N) is 1. The zero-order valence-electron chi connectivity index (χ0n) is 13.7. The molecule has 1 heterocycles. The molecule has 0 saturated heterocycles. The Kier molecular flexibility index (Phi) is 4.16. The minimum atomic E-state index is -0.510. The van der Waals surface area contributed by atoms with E-state index in [9.17, 15) is 9.59 Å². The van der Waals surface area contributed by atoms with Crippen molar-refractivity contribution in [3.8, 4) is 0 Å². The Hall–Kier alpha value is -2.59. The van der Waals surface area contributed by atoms with Crippen molar-refractivity contribution in [3.05, 3.63) is 69.9 Å². The molecule has 0 saturated carbocycles. The summed E-state index contributed by atoms with van der Waals surface area (Å²) in [7, 11) is 0. The van der Waals surface area contributed by atoms with Crippen LogP contribution >= 0.6 is 11.6 Å². The van der Waals surface area contributed by atoms with Crippen molar-refractivity contribution in [2.45, 2.75) is 20.8 Å². The Morgan fingerprint density at radius 2 is 1.62 bits per heavy atom. The maximum absolute atomic E-state index is 12.8. The first kappa shape index (κ1) is 16.3. The quantitative estimate of drug-likeness (QED) is 0.858. The van der Waals surface area contributed by atoms with E-state index in [1.165, 1.54) is 0 Å². The predicted molar refractivity (Wildman–Crippen MR) is 96.1 cm³/mol. The van der Waals surface area contributed by atoms with Gasteiger partial charge in [0.25, 0.3) is 11.8 Å². The summed E-state index contributed by atoms with van der Waals surface area (Å²) in [4.78, 5) is 26.4. The molecule has 0 radical (unpaired) electrons. The highest BCUT2D eigenvalue weighted by molar-refractivity contribution is 6.53. The number of hydrogen-bond acceptors (Lipinski definition) is 3. The molecule has 5 heteroatoms. The second kappa shape index (κ2) is 6.13. The molecule has 0 unspecified atom stereocenters. The normalized spacial score (nSPS) is 14.6. The number of carbonyl (C=O) groups is 2. The molecule has 2 aromatic rings.